The van der Waals surface area contributed by atoms with Gasteiger partial charge in [-0.2, -0.15) is 22.0 Å². The highest BCUT2D eigenvalue weighted by Gasteiger charge is 2.65. The van der Waals surface area contributed by atoms with Crippen molar-refractivity contribution in [1.82, 2.24) is 0 Å². The summed E-state index contributed by atoms with van der Waals surface area (Å²) in [5.41, 5.74) is -5.06. The first kappa shape index (κ1) is 11.9. The van der Waals surface area contributed by atoms with E-state index in [0.717, 1.165) is 6.92 Å². The summed E-state index contributed by atoms with van der Waals surface area (Å²) in [5, 5.41) is 0. The molecule has 0 aromatic rings. The van der Waals surface area contributed by atoms with Gasteiger partial charge in [-0.25, -0.2) is 0 Å². The fraction of sp³-hybridized carbons (Fsp3) is 1.00. The van der Waals surface area contributed by atoms with Crippen LogP contribution in [0.15, 0.2) is 0 Å². The van der Waals surface area contributed by atoms with E-state index in [4.69, 9.17) is 0 Å². The molecule has 0 aliphatic carbocycles. The van der Waals surface area contributed by atoms with Crippen LogP contribution in [0.5, 0.6) is 0 Å². The highest BCUT2D eigenvalue weighted by Crippen LogP contribution is 2.63. The molecule has 1 atom stereocenters. The lowest BCUT2D eigenvalue weighted by molar-refractivity contribution is -0.242. The Morgan fingerprint density at radius 1 is 1.17 bits per heavy atom. The molecule has 1 unspecified atom stereocenters. The molecule has 0 rings (SSSR count). The molecule has 7 heteroatoms. The Hall–Kier alpha value is -0.120. The van der Waals surface area contributed by atoms with E-state index in [1.807, 2.05) is 0 Å². The van der Waals surface area contributed by atoms with Crippen molar-refractivity contribution in [3.8, 4) is 0 Å². The average Bonchev–Trinajstić information content (AvgIpc) is 1.85. The summed E-state index contributed by atoms with van der Waals surface area (Å²) in [6.45, 7) is 1.50. The second kappa shape index (κ2) is 2.98. The van der Waals surface area contributed by atoms with Crippen LogP contribution >= 0.6 is 7.14 Å². The molecule has 0 aliphatic heterocycles. The molecule has 0 fully saturated rings. The van der Waals surface area contributed by atoms with Gasteiger partial charge in [0.2, 0.25) is 0 Å². The first-order chi connectivity index (χ1) is 5.06. The maximum atomic E-state index is 12.3. The van der Waals surface area contributed by atoms with E-state index in [1.165, 1.54) is 0 Å². The van der Waals surface area contributed by atoms with Crippen LogP contribution in [0.1, 0.15) is 6.92 Å². The van der Waals surface area contributed by atoms with E-state index >= 15 is 0 Å². The zero-order valence-corrected chi connectivity index (χ0v) is 7.35. The van der Waals surface area contributed by atoms with Gasteiger partial charge in [-0.05, 0) is 6.66 Å². The van der Waals surface area contributed by atoms with E-state index in [1.54, 1.807) is 0 Å². The van der Waals surface area contributed by atoms with Gasteiger partial charge in [0.25, 0.3) is 0 Å². The fourth-order valence-corrected chi connectivity index (χ4v) is 1.40. The van der Waals surface area contributed by atoms with E-state index in [9.17, 15) is 26.5 Å². The molecule has 0 aliphatic rings. The highest BCUT2D eigenvalue weighted by atomic mass is 31.2. The van der Waals surface area contributed by atoms with Gasteiger partial charge in [0, 0.05) is 6.16 Å². The molecular weight excluding hydrogens is 202 g/mol. The molecule has 0 spiro atoms. The normalized spacial score (nSPS) is 18.9. The molecule has 74 valence electrons. The summed E-state index contributed by atoms with van der Waals surface area (Å²) in [5.74, 6) is 0. The van der Waals surface area contributed by atoms with Crippen LogP contribution in [-0.4, -0.2) is 24.7 Å². The lowest BCUT2D eigenvalue weighted by Crippen LogP contribution is -2.36. The van der Waals surface area contributed by atoms with Crippen LogP contribution in [0.25, 0.3) is 0 Å². The van der Waals surface area contributed by atoms with Crippen LogP contribution in [0.4, 0.5) is 22.0 Å². The SMILES string of the molecule is CCP(C)(=O)C(F)(F)C(F)(F)F. The molecule has 0 saturated carbocycles. The molecule has 0 radical (unpaired) electrons. The van der Waals surface area contributed by atoms with Crippen LogP contribution in [-0.2, 0) is 4.57 Å². The zero-order valence-electron chi connectivity index (χ0n) is 6.45. The first-order valence-electron chi connectivity index (χ1n) is 3.07. The lowest BCUT2D eigenvalue weighted by Gasteiger charge is -2.24. The lowest BCUT2D eigenvalue weighted by atomic mass is 10.7. The molecule has 0 aromatic heterocycles. The minimum absolute atomic E-state index is 0.459. The van der Waals surface area contributed by atoms with E-state index < -0.39 is 25.1 Å². The van der Waals surface area contributed by atoms with E-state index in [2.05, 4.69) is 0 Å². The molecule has 0 heterocycles. The van der Waals surface area contributed by atoms with E-state index in [0.29, 0.717) is 6.66 Å². The van der Waals surface area contributed by atoms with Crippen molar-refractivity contribution in [2.24, 2.45) is 0 Å². The summed E-state index contributed by atoms with van der Waals surface area (Å²) >= 11 is 0. The molecule has 1 nitrogen and oxygen atoms in total. The highest BCUT2D eigenvalue weighted by molar-refractivity contribution is 7.64. The van der Waals surface area contributed by atoms with Crippen molar-refractivity contribution in [3.05, 3.63) is 0 Å². The number of rotatable bonds is 2. The summed E-state index contributed by atoms with van der Waals surface area (Å²) in [7, 11) is -4.46. The molecular formula is C5H8F5OP. The minimum atomic E-state index is -5.71. The largest absolute Gasteiger partial charge is 0.460 e. The summed E-state index contributed by atoms with van der Waals surface area (Å²) in [4.78, 5) is 0. The fourth-order valence-electron chi connectivity index (χ4n) is 0.467. The van der Waals surface area contributed by atoms with Gasteiger partial charge in [0.1, 0.15) is 0 Å². The number of halogens is 5. The summed E-state index contributed by atoms with van der Waals surface area (Å²) < 4.78 is 70.2. The predicted molar refractivity (Wildman–Crippen MR) is 35.1 cm³/mol. The van der Waals surface area contributed by atoms with Gasteiger partial charge in [-0.3, -0.25) is 0 Å². The minimum Gasteiger partial charge on any atom is -0.317 e. The Morgan fingerprint density at radius 3 is 1.58 bits per heavy atom. The number of alkyl halides is 5. The van der Waals surface area contributed by atoms with Gasteiger partial charge >= 0.3 is 11.8 Å². The van der Waals surface area contributed by atoms with Gasteiger partial charge in [0.05, 0.1) is 0 Å². The third-order valence-electron chi connectivity index (χ3n) is 1.54. The van der Waals surface area contributed by atoms with Crippen LogP contribution in [0.2, 0.25) is 0 Å². The smallest absolute Gasteiger partial charge is 0.317 e. The van der Waals surface area contributed by atoms with Crippen molar-refractivity contribution in [2.75, 3.05) is 12.8 Å². The van der Waals surface area contributed by atoms with Gasteiger partial charge < -0.3 is 4.57 Å². The Kier molecular flexibility index (Phi) is 2.95. The Labute approximate surface area is 66.3 Å². The first-order valence-corrected chi connectivity index (χ1v) is 5.41. The number of hydrogen-bond acceptors (Lipinski definition) is 1. The zero-order chi connectivity index (χ0) is 10.2. The van der Waals surface area contributed by atoms with Crippen molar-refractivity contribution >= 4 is 7.14 Å². The number of hydrogen-bond donors (Lipinski definition) is 0. The molecule has 0 N–H and O–H groups in total. The average molecular weight is 210 g/mol. The second-order valence-corrected chi connectivity index (χ2v) is 5.85. The van der Waals surface area contributed by atoms with Crippen molar-refractivity contribution < 1.29 is 26.5 Å². The van der Waals surface area contributed by atoms with E-state index in [-0.39, 0.29) is 0 Å². The molecule has 0 bridgehead atoms. The van der Waals surface area contributed by atoms with Crippen molar-refractivity contribution in [3.63, 3.8) is 0 Å². The topological polar surface area (TPSA) is 17.1 Å². The van der Waals surface area contributed by atoms with Crippen molar-refractivity contribution in [2.45, 2.75) is 18.8 Å². The van der Waals surface area contributed by atoms with Crippen LogP contribution in [0.3, 0.4) is 0 Å². The van der Waals surface area contributed by atoms with Crippen LogP contribution in [0, 0.1) is 0 Å². The van der Waals surface area contributed by atoms with Gasteiger partial charge in [-0.1, -0.05) is 6.92 Å². The monoisotopic (exact) mass is 210 g/mol. The third-order valence-corrected chi connectivity index (χ3v) is 4.19. The molecule has 0 saturated heterocycles. The maximum absolute atomic E-state index is 12.3. The van der Waals surface area contributed by atoms with Crippen molar-refractivity contribution in [1.29, 1.82) is 0 Å². The predicted octanol–water partition coefficient (Wildman–Crippen LogP) is 3.15. The quantitative estimate of drug-likeness (QED) is 0.505. The maximum Gasteiger partial charge on any atom is 0.460 e. The molecule has 0 amide bonds. The summed E-state index contributed by atoms with van der Waals surface area (Å²) in [6, 6.07) is 0. The Bertz CT molecular complexity index is 208. The summed E-state index contributed by atoms with van der Waals surface area (Å²) in [6.07, 6.45) is -6.38. The molecule has 0 aromatic carbocycles. The Morgan fingerprint density at radius 2 is 1.50 bits per heavy atom. The third kappa shape index (κ3) is 1.79. The second-order valence-electron chi connectivity index (χ2n) is 2.46. The van der Waals surface area contributed by atoms with Gasteiger partial charge in [-0.15, -0.1) is 0 Å². The van der Waals surface area contributed by atoms with Gasteiger partial charge in [0.15, 0.2) is 7.14 Å². The molecule has 12 heavy (non-hydrogen) atoms. The van der Waals surface area contributed by atoms with Crippen LogP contribution < -0.4 is 0 Å². The standard InChI is InChI=1S/C5H8F5OP/c1-3-12(2,11)5(9,10)4(6,7)8/h3H2,1-2H3. The Balaban J connectivity index is 4.99.